The molecule has 0 fully saturated rings. The van der Waals surface area contributed by atoms with Crippen LogP contribution in [-0.4, -0.2) is 13.3 Å². The highest BCUT2D eigenvalue weighted by Gasteiger charge is 2.37. The first-order chi connectivity index (χ1) is 8.69. The van der Waals surface area contributed by atoms with E-state index in [0.717, 1.165) is 15.7 Å². The maximum Gasteiger partial charge on any atom is 0.192 e. The first kappa shape index (κ1) is 14.8. The Morgan fingerprint density at radius 2 is 1.89 bits per heavy atom. The van der Waals surface area contributed by atoms with Crippen molar-refractivity contribution < 1.29 is 4.43 Å². The second kappa shape index (κ2) is 5.07. The third-order valence-electron chi connectivity index (χ3n) is 4.04. The molecule has 0 unspecified atom stereocenters. The van der Waals surface area contributed by atoms with Gasteiger partial charge in [0.1, 0.15) is 0 Å². The molecule has 0 atom stereocenters. The van der Waals surface area contributed by atoms with Gasteiger partial charge in [-0.3, -0.25) is 0 Å². The van der Waals surface area contributed by atoms with Gasteiger partial charge in [0.25, 0.3) is 0 Å². The van der Waals surface area contributed by atoms with E-state index in [1.54, 1.807) is 0 Å². The van der Waals surface area contributed by atoms with Gasteiger partial charge in [-0.25, -0.2) is 0 Å². The van der Waals surface area contributed by atoms with E-state index in [9.17, 15) is 0 Å². The SMILES string of the molecule is CC(C)(C)[Si](C)(C)OCc1cc2ccc(Br)cc2[nH]1. The number of aromatic nitrogens is 1. The van der Waals surface area contributed by atoms with Crippen molar-refractivity contribution in [2.24, 2.45) is 0 Å². The van der Waals surface area contributed by atoms with Gasteiger partial charge >= 0.3 is 0 Å². The van der Waals surface area contributed by atoms with Crippen LogP contribution < -0.4 is 0 Å². The van der Waals surface area contributed by atoms with Gasteiger partial charge < -0.3 is 9.41 Å². The minimum Gasteiger partial charge on any atom is -0.411 e. The Balaban J connectivity index is 2.14. The molecule has 2 nitrogen and oxygen atoms in total. The van der Waals surface area contributed by atoms with Crippen LogP contribution >= 0.6 is 15.9 Å². The molecule has 2 aromatic rings. The highest BCUT2D eigenvalue weighted by molar-refractivity contribution is 9.10. The number of hydrogen-bond donors (Lipinski definition) is 1. The minimum atomic E-state index is -1.68. The summed E-state index contributed by atoms with van der Waals surface area (Å²) in [5.41, 5.74) is 2.31. The first-order valence-electron chi connectivity index (χ1n) is 6.60. The topological polar surface area (TPSA) is 25.0 Å². The molecule has 1 aromatic heterocycles. The van der Waals surface area contributed by atoms with Crippen molar-refractivity contribution in [1.29, 1.82) is 0 Å². The predicted octanol–water partition coefficient (Wildman–Crippen LogP) is 5.45. The minimum absolute atomic E-state index is 0.252. The van der Waals surface area contributed by atoms with Crippen molar-refractivity contribution in [3.8, 4) is 0 Å². The van der Waals surface area contributed by atoms with E-state index >= 15 is 0 Å². The number of benzene rings is 1. The molecule has 0 spiro atoms. The average molecular weight is 340 g/mol. The third-order valence-corrected chi connectivity index (χ3v) is 9.01. The fourth-order valence-electron chi connectivity index (χ4n) is 1.71. The van der Waals surface area contributed by atoms with Crippen molar-refractivity contribution in [3.05, 3.63) is 34.4 Å². The van der Waals surface area contributed by atoms with Gasteiger partial charge in [-0.15, -0.1) is 0 Å². The highest BCUT2D eigenvalue weighted by Crippen LogP contribution is 2.37. The predicted molar refractivity (Wildman–Crippen MR) is 88.0 cm³/mol. The van der Waals surface area contributed by atoms with Crippen LogP contribution in [0.15, 0.2) is 28.7 Å². The van der Waals surface area contributed by atoms with Gasteiger partial charge in [0.15, 0.2) is 8.32 Å². The molecule has 1 heterocycles. The van der Waals surface area contributed by atoms with Gasteiger partial charge in [0.2, 0.25) is 0 Å². The quantitative estimate of drug-likeness (QED) is 0.738. The fraction of sp³-hybridized carbons (Fsp3) is 0.467. The number of hydrogen-bond acceptors (Lipinski definition) is 1. The largest absolute Gasteiger partial charge is 0.411 e. The summed E-state index contributed by atoms with van der Waals surface area (Å²) in [5, 5.41) is 1.49. The number of halogens is 1. The smallest absolute Gasteiger partial charge is 0.192 e. The second-order valence-electron chi connectivity index (χ2n) is 6.58. The monoisotopic (exact) mass is 339 g/mol. The van der Waals surface area contributed by atoms with Crippen LogP contribution in [-0.2, 0) is 11.0 Å². The molecular weight excluding hydrogens is 318 g/mol. The molecule has 0 aliphatic heterocycles. The van der Waals surface area contributed by atoms with E-state index in [-0.39, 0.29) is 5.04 Å². The Morgan fingerprint density at radius 3 is 2.53 bits per heavy atom. The Morgan fingerprint density at radius 1 is 1.21 bits per heavy atom. The van der Waals surface area contributed by atoms with Gasteiger partial charge in [0.05, 0.1) is 6.61 Å². The Bertz CT molecular complexity index is 583. The molecule has 104 valence electrons. The van der Waals surface area contributed by atoms with Crippen LogP contribution in [0.2, 0.25) is 18.1 Å². The lowest BCUT2D eigenvalue weighted by Gasteiger charge is -2.36. The lowest BCUT2D eigenvalue weighted by Crippen LogP contribution is -2.40. The number of rotatable bonds is 3. The van der Waals surface area contributed by atoms with Gasteiger partial charge in [-0.05, 0) is 41.7 Å². The normalized spacial score (nSPS) is 13.2. The zero-order chi connectivity index (χ0) is 14.3. The molecule has 0 amide bonds. The van der Waals surface area contributed by atoms with Crippen LogP contribution in [0, 0.1) is 0 Å². The van der Waals surface area contributed by atoms with Gasteiger partial charge in [-0.2, -0.15) is 0 Å². The van der Waals surface area contributed by atoms with E-state index in [1.807, 2.05) is 0 Å². The molecule has 1 aromatic carbocycles. The summed E-state index contributed by atoms with van der Waals surface area (Å²) < 4.78 is 7.33. The zero-order valence-corrected chi connectivity index (χ0v) is 14.9. The van der Waals surface area contributed by atoms with Crippen molar-refractivity contribution in [2.75, 3.05) is 0 Å². The Kier molecular flexibility index (Phi) is 3.96. The van der Waals surface area contributed by atoms with Crippen molar-refractivity contribution in [1.82, 2.24) is 4.98 Å². The van der Waals surface area contributed by atoms with E-state index in [1.165, 1.54) is 5.39 Å². The summed E-state index contributed by atoms with van der Waals surface area (Å²) in [6.07, 6.45) is 0. The lowest BCUT2D eigenvalue weighted by molar-refractivity contribution is 0.273. The summed E-state index contributed by atoms with van der Waals surface area (Å²) in [5.74, 6) is 0. The van der Waals surface area contributed by atoms with Crippen LogP contribution in [0.1, 0.15) is 26.5 Å². The fourth-order valence-corrected chi connectivity index (χ4v) is 3.02. The van der Waals surface area contributed by atoms with Gasteiger partial charge in [-0.1, -0.05) is 42.8 Å². The van der Waals surface area contributed by atoms with Crippen LogP contribution in [0.3, 0.4) is 0 Å². The number of H-pyrrole nitrogens is 1. The molecule has 0 radical (unpaired) electrons. The molecule has 0 saturated carbocycles. The molecular formula is C15H22BrNOSi. The summed E-state index contributed by atoms with van der Waals surface area (Å²) in [6, 6.07) is 8.46. The summed E-state index contributed by atoms with van der Waals surface area (Å²) >= 11 is 3.49. The molecule has 1 N–H and O–H groups in total. The van der Waals surface area contributed by atoms with Crippen LogP contribution in [0.25, 0.3) is 10.9 Å². The van der Waals surface area contributed by atoms with Crippen LogP contribution in [0.5, 0.6) is 0 Å². The standard InChI is InChI=1S/C15H22BrNOSi/c1-15(2,3)19(4,5)18-10-13-8-11-6-7-12(16)9-14(11)17-13/h6-9,17H,10H2,1-5H3. The first-order valence-corrected chi connectivity index (χ1v) is 10.3. The molecule has 0 aliphatic rings. The Labute approximate surface area is 124 Å². The average Bonchev–Trinajstić information content (AvgIpc) is 2.67. The molecule has 4 heteroatoms. The molecule has 0 bridgehead atoms. The number of aromatic amines is 1. The van der Waals surface area contributed by atoms with E-state index in [2.05, 4.69) is 79.0 Å². The van der Waals surface area contributed by atoms with Gasteiger partial charge in [0, 0.05) is 15.7 Å². The maximum atomic E-state index is 6.24. The van der Waals surface area contributed by atoms with Crippen molar-refractivity contribution >= 4 is 35.2 Å². The molecule has 0 saturated heterocycles. The van der Waals surface area contributed by atoms with Crippen molar-refractivity contribution in [2.45, 2.75) is 45.5 Å². The third kappa shape index (κ3) is 3.30. The summed E-state index contributed by atoms with van der Waals surface area (Å²) in [6.45, 7) is 12.0. The van der Waals surface area contributed by atoms with E-state index in [0.29, 0.717) is 6.61 Å². The Hall–Kier alpha value is -0.583. The summed E-state index contributed by atoms with van der Waals surface area (Å²) in [4.78, 5) is 3.43. The molecule has 0 aliphatic carbocycles. The highest BCUT2D eigenvalue weighted by atomic mass is 79.9. The zero-order valence-electron chi connectivity index (χ0n) is 12.3. The van der Waals surface area contributed by atoms with Crippen LogP contribution in [0.4, 0.5) is 0 Å². The maximum absolute atomic E-state index is 6.24. The summed E-state index contributed by atoms with van der Waals surface area (Å²) in [7, 11) is -1.68. The lowest BCUT2D eigenvalue weighted by atomic mass is 10.2. The molecule has 19 heavy (non-hydrogen) atoms. The van der Waals surface area contributed by atoms with E-state index in [4.69, 9.17) is 4.43 Å². The van der Waals surface area contributed by atoms with E-state index < -0.39 is 8.32 Å². The molecule has 2 rings (SSSR count). The second-order valence-corrected chi connectivity index (χ2v) is 12.3. The van der Waals surface area contributed by atoms with Crippen molar-refractivity contribution in [3.63, 3.8) is 0 Å². The number of fused-ring (bicyclic) bond motifs is 1. The number of nitrogens with one attached hydrogen (secondary N) is 1.